The molecule has 2 N–H and O–H groups in total. The zero-order valence-electron chi connectivity index (χ0n) is 6.11. The van der Waals surface area contributed by atoms with Gasteiger partial charge in [0.1, 0.15) is 0 Å². The van der Waals surface area contributed by atoms with Crippen molar-refractivity contribution < 1.29 is 4.39 Å². The molecule has 0 amide bonds. The van der Waals surface area contributed by atoms with Crippen LogP contribution in [0.2, 0.25) is 0 Å². The number of fused-ring (bicyclic) bond motifs is 1. The molecule has 0 unspecified atom stereocenters. The first-order chi connectivity index (χ1) is 5.81. The van der Waals surface area contributed by atoms with Crippen LogP contribution in [0.25, 0.3) is 5.78 Å². The summed E-state index contributed by atoms with van der Waals surface area (Å²) in [5, 5.41) is 7.35. The first-order valence-electron chi connectivity index (χ1n) is 3.37. The van der Waals surface area contributed by atoms with Crippen LogP contribution in [0.3, 0.4) is 0 Å². The quantitative estimate of drug-likeness (QED) is 0.593. The van der Waals surface area contributed by atoms with Crippen LogP contribution in [-0.2, 0) is 6.54 Å². The molecule has 0 aliphatic heterocycles. The molecule has 0 fully saturated rings. The highest BCUT2D eigenvalue weighted by Crippen LogP contribution is 2.00. The van der Waals surface area contributed by atoms with Crippen molar-refractivity contribution >= 4 is 5.78 Å². The van der Waals surface area contributed by atoms with Crippen molar-refractivity contribution in [2.45, 2.75) is 6.54 Å². The molecule has 0 atom stereocenters. The molecule has 12 heavy (non-hydrogen) atoms. The summed E-state index contributed by atoms with van der Waals surface area (Å²) >= 11 is 0. The summed E-state index contributed by atoms with van der Waals surface area (Å²) < 4.78 is 14.1. The molecule has 0 bridgehead atoms. The minimum Gasteiger partial charge on any atom is -0.324 e. The number of rotatable bonds is 1. The monoisotopic (exact) mass is 167 g/mol. The fraction of sp³-hybridized carbons (Fsp3) is 0.167. The Bertz CT molecular complexity index is 409. The van der Waals surface area contributed by atoms with Crippen LogP contribution in [0.5, 0.6) is 0 Å². The molecule has 62 valence electrons. The van der Waals surface area contributed by atoms with Gasteiger partial charge in [0.15, 0.2) is 5.82 Å². The Balaban J connectivity index is 2.73. The van der Waals surface area contributed by atoms with Crippen LogP contribution in [0.1, 0.15) is 5.82 Å². The standard InChI is InChI=1S/C6H6FN5/c7-4-1-2-12-5(3-8)10-11-6(12)9-4/h1-2H,3,8H2. The van der Waals surface area contributed by atoms with E-state index in [1.54, 1.807) is 4.40 Å². The molecule has 2 heterocycles. The van der Waals surface area contributed by atoms with Gasteiger partial charge < -0.3 is 5.73 Å². The number of aromatic nitrogens is 4. The van der Waals surface area contributed by atoms with Crippen molar-refractivity contribution in [1.29, 1.82) is 0 Å². The Morgan fingerprint density at radius 1 is 1.50 bits per heavy atom. The maximum atomic E-state index is 12.5. The Kier molecular flexibility index (Phi) is 1.47. The summed E-state index contributed by atoms with van der Waals surface area (Å²) in [7, 11) is 0. The van der Waals surface area contributed by atoms with E-state index in [4.69, 9.17) is 5.73 Å². The second-order valence-corrected chi connectivity index (χ2v) is 2.24. The summed E-state index contributed by atoms with van der Waals surface area (Å²) in [4.78, 5) is 3.51. The molecular weight excluding hydrogens is 161 g/mol. The van der Waals surface area contributed by atoms with Gasteiger partial charge in [-0.15, -0.1) is 10.2 Å². The Morgan fingerprint density at radius 2 is 2.33 bits per heavy atom. The molecule has 0 aliphatic carbocycles. The van der Waals surface area contributed by atoms with Crippen LogP contribution in [0.15, 0.2) is 12.3 Å². The van der Waals surface area contributed by atoms with Gasteiger partial charge in [0.2, 0.25) is 5.95 Å². The second kappa shape index (κ2) is 2.49. The molecule has 2 aromatic heterocycles. The van der Waals surface area contributed by atoms with Crippen molar-refractivity contribution in [3.63, 3.8) is 0 Å². The molecule has 2 rings (SSSR count). The van der Waals surface area contributed by atoms with Crippen molar-refractivity contribution in [2.75, 3.05) is 0 Å². The van der Waals surface area contributed by atoms with Gasteiger partial charge in [-0.25, -0.2) is 0 Å². The van der Waals surface area contributed by atoms with E-state index in [9.17, 15) is 4.39 Å². The van der Waals surface area contributed by atoms with Gasteiger partial charge in [-0.05, 0) is 0 Å². The lowest BCUT2D eigenvalue weighted by molar-refractivity contribution is 0.582. The smallest absolute Gasteiger partial charge is 0.257 e. The van der Waals surface area contributed by atoms with Crippen LogP contribution in [-0.4, -0.2) is 19.6 Å². The molecule has 2 aromatic rings. The van der Waals surface area contributed by atoms with Crippen molar-refractivity contribution in [3.8, 4) is 0 Å². The van der Waals surface area contributed by atoms with Crippen LogP contribution < -0.4 is 5.73 Å². The molecule has 0 aliphatic rings. The van der Waals surface area contributed by atoms with E-state index in [1.165, 1.54) is 12.3 Å². The minimum atomic E-state index is -0.571. The summed E-state index contributed by atoms with van der Waals surface area (Å²) in [6.45, 7) is 0.258. The first-order valence-corrected chi connectivity index (χ1v) is 3.37. The second-order valence-electron chi connectivity index (χ2n) is 2.24. The minimum absolute atomic E-state index is 0.232. The van der Waals surface area contributed by atoms with Crippen molar-refractivity contribution in [2.24, 2.45) is 5.73 Å². The number of nitrogens with zero attached hydrogens (tertiary/aromatic N) is 4. The molecule has 6 heteroatoms. The predicted molar refractivity (Wildman–Crippen MR) is 38.6 cm³/mol. The zero-order chi connectivity index (χ0) is 8.55. The molecule has 5 nitrogen and oxygen atoms in total. The Morgan fingerprint density at radius 3 is 3.08 bits per heavy atom. The van der Waals surface area contributed by atoms with Crippen LogP contribution in [0, 0.1) is 5.95 Å². The molecule has 0 saturated carbocycles. The van der Waals surface area contributed by atoms with Gasteiger partial charge in [-0.2, -0.15) is 9.37 Å². The summed E-state index contributed by atoms with van der Waals surface area (Å²) in [5.41, 5.74) is 5.35. The Labute approximate surface area is 67.0 Å². The van der Waals surface area contributed by atoms with Crippen LogP contribution in [0.4, 0.5) is 4.39 Å². The van der Waals surface area contributed by atoms with E-state index in [0.717, 1.165) is 0 Å². The van der Waals surface area contributed by atoms with Crippen molar-refractivity contribution in [1.82, 2.24) is 19.6 Å². The average Bonchev–Trinajstić information content (AvgIpc) is 2.46. The largest absolute Gasteiger partial charge is 0.324 e. The molecule has 0 spiro atoms. The normalized spacial score (nSPS) is 10.8. The SMILES string of the molecule is NCc1nnc2nc(F)ccn12. The summed E-state index contributed by atoms with van der Waals surface area (Å²) in [6.07, 6.45) is 1.50. The van der Waals surface area contributed by atoms with Gasteiger partial charge in [-0.1, -0.05) is 0 Å². The summed E-state index contributed by atoms with van der Waals surface area (Å²) in [5.74, 6) is 0.228. The van der Waals surface area contributed by atoms with Gasteiger partial charge in [0.25, 0.3) is 5.78 Å². The fourth-order valence-electron chi connectivity index (χ4n) is 0.951. The average molecular weight is 167 g/mol. The fourth-order valence-corrected chi connectivity index (χ4v) is 0.951. The lowest BCUT2D eigenvalue weighted by Gasteiger charge is -1.93. The number of nitrogens with two attached hydrogens (primary N) is 1. The first kappa shape index (κ1) is 7.11. The highest BCUT2D eigenvalue weighted by Gasteiger charge is 2.04. The predicted octanol–water partition coefficient (Wildman–Crippen LogP) is -0.278. The van der Waals surface area contributed by atoms with Gasteiger partial charge in [0.05, 0.1) is 6.54 Å². The van der Waals surface area contributed by atoms with Gasteiger partial charge in [-0.3, -0.25) is 4.40 Å². The van der Waals surface area contributed by atoms with Gasteiger partial charge >= 0.3 is 0 Å². The lowest BCUT2D eigenvalue weighted by atomic mass is 10.6. The van der Waals surface area contributed by atoms with E-state index in [-0.39, 0.29) is 12.3 Å². The van der Waals surface area contributed by atoms with E-state index in [1.807, 2.05) is 0 Å². The third-order valence-corrected chi connectivity index (χ3v) is 1.50. The van der Waals surface area contributed by atoms with Gasteiger partial charge in [0, 0.05) is 12.3 Å². The number of halogens is 1. The topological polar surface area (TPSA) is 69.1 Å². The molecule has 0 saturated heterocycles. The van der Waals surface area contributed by atoms with E-state index in [2.05, 4.69) is 15.2 Å². The third kappa shape index (κ3) is 0.928. The summed E-state index contributed by atoms with van der Waals surface area (Å²) in [6, 6.07) is 1.23. The van der Waals surface area contributed by atoms with Crippen molar-refractivity contribution in [3.05, 3.63) is 24.0 Å². The Hall–Kier alpha value is -1.56. The molecule has 0 aromatic carbocycles. The maximum Gasteiger partial charge on any atom is 0.257 e. The highest BCUT2D eigenvalue weighted by molar-refractivity contribution is 5.26. The van der Waals surface area contributed by atoms with E-state index >= 15 is 0 Å². The van der Waals surface area contributed by atoms with Crippen LogP contribution >= 0.6 is 0 Å². The number of hydrogen-bond donors (Lipinski definition) is 1. The highest BCUT2D eigenvalue weighted by atomic mass is 19.1. The lowest BCUT2D eigenvalue weighted by Crippen LogP contribution is -2.02. The third-order valence-electron chi connectivity index (χ3n) is 1.50. The number of hydrogen-bond acceptors (Lipinski definition) is 4. The maximum absolute atomic E-state index is 12.5. The zero-order valence-corrected chi connectivity index (χ0v) is 6.11. The van der Waals surface area contributed by atoms with E-state index in [0.29, 0.717) is 5.82 Å². The molecular formula is C6H6FN5. The molecule has 0 radical (unpaired) electrons. The van der Waals surface area contributed by atoms with E-state index < -0.39 is 5.95 Å².